The first-order valence-corrected chi connectivity index (χ1v) is 9.91. The van der Waals surface area contributed by atoms with Crippen LogP contribution in [-0.2, 0) is 6.54 Å². The molecule has 1 aromatic heterocycles. The quantitative estimate of drug-likeness (QED) is 0.235. The van der Waals surface area contributed by atoms with E-state index in [1.807, 2.05) is 13.1 Å². The highest BCUT2D eigenvalue weighted by atomic mass is 127. The molecule has 1 saturated heterocycles. The molecule has 1 fully saturated rings. The fourth-order valence-electron chi connectivity index (χ4n) is 3.28. The van der Waals surface area contributed by atoms with Gasteiger partial charge in [-0.15, -0.1) is 24.0 Å². The molecule has 0 spiro atoms. The molecule has 1 N–H and O–H groups in total. The van der Waals surface area contributed by atoms with Crippen molar-refractivity contribution in [2.75, 3.05) is 60.4 Å². The lowest BCUT2D eigenvalue weighted by molar-refractivity contribution is 0.169. The smallest absolute Gasteiger partial charge is 0.193 e. The molecule has 7 nitrogen and oxygen atoms in total. The molecule has 2 rings (SSSR count). The normalized spacial score (nSPS) is 15.9. The van der Waals surface area contributed by atoms with Crippen LogP contribution in [0.2, 0.25) is 0 Å². The topological polar surface area (TPSA) is 60.1 Å². The molecule has 0 atom stereocenters. The van der Waals surface area contributed by atoms with Gasteiger partial charge < -0.3 is 19.6 Å². The van der Waals surface area contributed by atoms with Gasteiger partial charge >= 0.3 is 0 Å². The van der Waals surface area contributed by atoms with Gasteiger partial charge in [0, 0.05) is 52.4 Å². The molecule has 1 aliphatic heterocycles. The van der Waals surface area contributed by atoms with Crippen molar-refractivity contribution in [3.63, 3.8) is 0 Å². The minimum absolute atomic E-state index is 0. The van der Waals surface area contributed by atoms with Crippen molar-refractivity contribution in [2.24, 2.45) is 4.99 Å². The SMILES string of the molecule is CN=C(NCCCCCCCN(C)C)N1CCN(Cc2ccon2)CC1.I. The zero-order valence-corrected chi connectivity index (χ0v) is 19.5. The van der Waals surface area contributed by atoms with E-state index in [1.54, 1.807) is 6.26 Å². The third-order valence-electron chi connectivity index (χ3n) is 4.83. The number of aliphatic imine (C=N–C) groups is 1. The van der Waals surface area contributed by atoms with Gasteiger partial charge in [0.05, 0.1) is 5.69 Å². The number of nitrogens with one attached hydrogen (secondary N) is 1. The zero-order valence-electron chi connectivity index (χ0n) is 17.2. The van der Waals surface area contributed by atoms with Crippen LogP contribution in [0.15, 0.2) is 21.8 Å². The molecule has 1 aromatic rings. The molecule has 2 heterocycles. The summed E-state index contributed by atoms with van der Waals surface area (Å²) < 4.78 is 4.91. The number of nitrogens with zero attached hydrogens (tertiary/aromatic N) is 5. The van der Waals surface area contributed by atoms with Crippen LogP contribution in [-0.4, -0.2) is 86.2 Å². The molecule has 0 aliphatic carbocycles. The minimum Gasteiger partial charge on any atom is -0.364 e. The van der Waals surface area contributed by atoms with E-state index in [-0.39, 0.29) is 24.0 Å². The van der Waals surface area contributed by atoms with E-state index in [0.717, 1.165) is 50.9 Å². The summed E-state index contributed by atoms with van der Waals surface area (Å²) in [5.41, 5.74) is 1.01. The molecule has 0 unspecified atom stereocenters. The first-order chi connectivity index (χ1) is 12.7. The van der Waals surface area contributed by atoms with Crippen LogP contribution < -0.4 is 5.32 Å². The third kappa shape index (κ3) is 9.75. The largest absolute Gasteiger partial charge is 0.364 e. The maximum Gasteiger partial charge on any atom is 0.193 e. The number of aromatic nitrogens is 1. The molecule has 0 aromatic carbocycles. The second-order valence-corrected chi connectivity index (χ2v) is 7.30. The lowest BCUT2D eigenvalue weighted by Crippen LogP contribution is -2.52. The summed E-state index contributed by atoms with van der Waals surface area (Å²) >= 11 is 0. The predicted octanol–water partition coefficient (Wildman–Crippen LogP) is 2.50. The third-order valence-corrected chi connectivity index (χ3v) is 4.83. The summed E-state index contributed by atoms with van der Waals surface area (Å²) in [6, 6.07) is 1.94. The number of rotatable bonds is 10. The summed E-state index contributed by atoms with van der Waals surface area (Å²) in [4.78, 5) is 11.5. The number of hydrogen-bond acceptors (Lipinski definition) is 5. The van der Waals surface area contributed by atoms with E-state index in [9.17, 15) is 0 Å². The molecule has 0 amide bonds. The van der Waals surface area contributed by atoms with E-state index in [2.05, 4.69) is 44.3 Å². The first-order valence-electron chi connectivity index (χ1n) is 9.91. The van der Waals surface area contributed by atoms with Crippen molar-refractivity contribution in [3.05, 3.63) is 18.0 Å². The summed E-state index contributed by atoms with van der Waals surface area (Å²) in [6.07, 6.45) is 8.12. The van der Waals surface area contributed by atoms with Crippen LogP contribution in [0, 0.1) is 0 Å². The molecule has 0 saturated carbocycles. The maximum atomic E-state index is 4.91. The van der Waals surface area contributed by atoms with Crippen molar-refractivity contribution >= 4 is 29.9 Å². The van der Waals surface area contributed by atoms with E-state index in [0.29, 0.717) is 0 Å². The van der Waals surface area contributed by atoms with E-state index < -0.39 is 0 Å². The summed E-state index contributed by atoms with van der Waals surface area (Å²) in [5, 5.41) is 7.53. The highest BCUT2D eigenvalue weighted by Crippen LogP contribution is 2.07. The Bertz CT molecular complexity index is 500. The number of guanidine groups is 1. The van der Waals surface area contributed by atoms with Gasteiger partial charge in [-0.3, -0.25) is 9.89 Å². The average Bonchev–Trinajstić information content (AvgIpc) is 3.14. The molecule has 156 valence electrons. The molecule has 27 heavy (non-hydrogen) atoms. The Morgan fingerprint density at radius 1 is 1.15 bits per heavy atom. The Balaban J connectivity index is 0.00000364. The Morgan fingerprint density at radius 3 is 2.48 bits per heavy atom. The highest BCUT2D eigenvalue weighted by Gasteiger charge is 2.19. The van der Waals surface area contributed by atoms with Crippen molar-refractivity contribution < 1.29 is 4.52 Å². The molecular formula is C19H37IN6O. The van der Waals surface area contributed by atoms with Crippen LogP contribution in [0.5, 0.6) is 0 Å². The summed E-state index contributed by atoms with van der Waals surface area (Å²) in [5.74, 6) is 1.04. The molecule has 0 radical (unpaired) electrons. The number of piperazine rings is 1. The number of halogens is 1. The van der Waals surface area contributed by atoms with Crippen LogP contribution in [0.3, 0.4) is 0 Å². The Labute approximate surface area is 181 Å². The van der Waals surface area contributed by atoms with Gasteiger partial charge in [-0.1, -0.05) is 24.4 Å². The molecule has 8 heteroatoms. The van der Waals surface area contributed by atoms with Crippen LogP contribution in [0.1, 0.15) is 37.8 Å². The van der Waals surface area contributed by atoms with Crippen molar-refractivity contribution in [1.29, 1.82) is 0 Å². The predicted molar refractivity (Wildman–Crippen MR) is 122 cm³/mol. The van der Waals surface area contributed by atoms with Gasteiger partial charge in [0.1, 0.15) is 6.26 Å². The van der Waals surface area contributed by atoms with Crippen LogP contribution in [0.4, 0.5) is 0 Å². The minimum atomic E-state index is 0. The first kappa shape index (κ1) is 24.2. The zero-order chi connectivity index (χ0) is 18.6. The second kappa shape index (κ2) is 14.2. The van der Waals surface area contributed by atoms with Crippen molar-refractivity contribution in [3.8, 4) is 0 Å². The van der Waals surface area contributed by atoms with Gasteiger partial charge in [-0.2, -0.15) is 0 Å². The van der Waals surface area contributed by atoms with E-state index >= 15 is 0 Å². The molecule has 0 bridgehead atoms. The number of unbranched alkanes of at least 4 members (excludes halogenated alkanes) is 4. The lowest BCUT2D eigenvalue weighted by atomic mass is 10.1. The lowest BCUT2D eigenvalue weighted by Gasteiger charge is -2.36. The average molecular weight is 492 g/mol. The van der Waals surface area contributed by atoms with Gasteiger partial charge in [0.2, 0.25) is 0 Å². The van der Waals surface area contributed by atoms with E-state index in [1.165, 1.54) is 38.6 Å². The maximum absolute atomic E-state index is 4.91. The van der Waals surface area contributed by atoms with Crippen LogP contribution >= 0.6 is 24.0 Å². The Kier molecular flexibility index (Phi) is 12.7. The van der Waals surface area contributed by atoms with Crippen molar-refractivity contribution in [2.45, 2.75) is 38.6 Å². The van der Waals surface area contributed by atoms with Gasteiger partial charge in [-0.05, 0) is 33.5 Å². The molecule has 1 aliphatic rings. The fourth-order valence-corrected chi connectivity index (χ4v) is 3.28. The standard InChI is InChI=1S/C19H36N6O.HI/c1-20-19(21-10-7-5-4-6-8-11-23(2)3)25-14-12-24(13-15-25)17-18-9-16-26-22-18;/h9,16H,4-8,10-15,17H2,1-3H3,(H,20,21);1H. The number of hydrogen-bond donors (Lipinski definition) is 1. The Hall–Kier alpha value is -0.870. The van der Waals surface area contributed by atoms with E-state index in [4.69, 9.17) is 4.52 Å². The van der Waals surface area contributed by atoms with Gasteiger partial charge in [0.15, 0.2) is 5.96 Å². The Morgan fingerprint density at radius 2 is 1.85 bits per heavy atom. The summed E-state index contributed by atoms with van der Waals surface area (Å²) in [7, 11) is 6.17. The van der Waals surface area contributed by atoms with Gasteiger partial charge in [-0.25, -0.2) is 0 Å². The van der Waals surface area contributed by atoms with Gasteiger partial charge in [0.25, 0.3) is 0 Å². The van der Waals surface area contributed by atoms with Crippen molar-refractivity contribution in [1.82, 2.24) is 25.2 Å². The monoisotopic (exact) mass is 492 g/mol. The second-order valence-electron chi connectivity index (χ2n) is 7.30. The fraction of sp³-hybridized carbons (Fsp3) is 0.789. The van der Waals surface area contributed by atoms with Crippen LogP contribution in [0.25, 0.3) is 0 Å². The summed E-state index contributed by atoms with van der Waals surface area (Å²) in [6.45, 7) is 7.14. The molecular weight excluding hydrogens is 455 g/mol. The highest BCUT2D eigenvalue weighted by molar-refractivity contribution is 14.0.